The second-order valence-corrected chi connectivity index (χ2v) is 7.92. The first-order chi connectivity index (χ1) is 13.5. The molecule has 4 rings (SSSR count). The third-order valence-corrected chi connectivity index (χ3v) is 5.92. The van der Waals surface area contributed by atoms with Crippen molar-refractivity contribution in [3.63, 3.8) is 0 Å². The average molecular weight is 429 g/mol. The molecule has 0 bridgehead atoms. The molecule has 0 unspecified atom stereocenters. The van der Waals surface area contributed by atoms with E-state index in [9.17, 15) is 0 Å². The molecule has 1 aliphatic heterocycles. The molecular weight excluding hydrogens is 411 g/mol. The minimum absolute atomic E-state index is 0.602. The van der Waals surface area contributed by atoms with Crippen LogP contribution in [-0.4, -0.2) is 35.3 Å². The Kier molecular flexibility index (Phi) is 5.23. The van der Waals surface area contributed by atoms with Crippen LogP contribution in [0, 0.1) is 0 Å². The Morgan fingerprint density at radius 1 is 0.857 bits per heavy atom. The highest BCUT2D eigenvalue weighted by Crippen LogP contribution is 2.42. The van der Waals surface area contributed by atoms with Crippen LogP contribution in [0.4, 0.5) is 5.82 Å². The fraction of sp³-hybridized carbons (Fsp3) is 0.143. The smallest absolute Gasteiger partial charge is 0.189 e. The second-order valence-electron chi connectivity index (χ2n) is 6.34. The lowest BCUT2D eigenvalue weighted by Crippen LogP contribution is -2.39. The van der Waals surface area contributed by atoms with E-state index in [-0.39, 0.29) is 0 Å². The Morgan fingerprint density at radius 2 is 1.54 bits per heavy atom. The zero-order valence-electron chi connectivity index (χ0n) is 15.6. The topological polar surface area (TPSA) is 32.3 Å². The maximum atomic E-state index is 6.50. The van der Waals surface area contributed by atoms with Crippen LogP contribution < -0.4 is 5.01 Å². The summed E-state index contributed by atoms with van der Waals surface area (Å²) in [5.74, 6) is 0.840. The molecule has 1 aromatic heterocycles. The third-order valence-electron chi connectivity index (χ3n) is 4.74. The van der Waals surface area contributed by atoms with Crippen molar-refractivity contribution in [1.29, 1.82) is 0 Å². The summed E-state index contributed by atoms with van der Waals surface area (Å²) < 4.78 is 0. The van der Waals surface area contributed by atoms with Gasteiger partial charge >= 0.3 is 0 Å². The van der Waals surface area contributed by atoms with E-state index in [1.165, 1.54) is 11.8 Å². The van der Waals surface area contributed by atoms with Gasteiger partial charge < -0.3 is 0 Å². The van der Waals surface area contributed by atoms with Crippen molar-refractivity contribution in [2.45, 2.75) is 5.16 Å². The van der Waals surface area contributed by atoms with E-state index in [2.05, 4.69) is 18.2 Å². The predicted octanol–water partition coefficient (Wildman–Crippen LogP) is 5.97. The highest BCUT2D eigenvalue weighted by molar-refractivity contribution is 7.98. The molecular formula is C21H18Cl2N4S. The number of aromatic nitrogens is 2. The first-order valence-corrected chi connectivity index (χ1v) is 10.6. The molecule has 0 radical (unpaired) electrons. The molecule has 142 valence electrons. The van der Waals surface area contributed by atoms with Crippen molar-refractivity contribution < 1.29 is 0 Å². The highest BCUT2D eigenvalue weighted by Gasteiger charge is 2.28. The lowest BCUT2D eigenvalue weighted by atomic mass is 10.0. The van der Waals surface area contributed by atoms with Gasteiger partial charge in [-0.3, -0.25) is 10.0 Å². The molecule has 2 heterocycles. The number of benzene rings is 2. The van der Waals surface area contributed by atoms with Crippen LogP contribution in [0.3, 0.4) is 0 Å². The van der Waals surface area contributed by atoms with Gasteiger partial charge in [-0.1, -0.05) is 71.4 Å². The standard InChI is InChI=1S/C21H18Cl2N4S/c1-26-17(18-15(22)10-7-11-16(18)23)12-14-19(13-8-5-4-6-9-13)24-21(28-3)25-20(14)27(26)2/h4-12H,1-3H3. The predicted molar refractivity (Wildman–Crippen MR) is 120 cm³/mol. The van der Waals surface area contributed by atoms with Crippen molar-refractivity contribution in [2.75, 3.05) is 25.4 Å². The number of nitrogens with zero attached hydrogens (tertiary/aromatic N) is 4. The van der Waals surface area contributed by atoms with Gasteiger partial charge in [0.15, 0.2) is 11.0 Å². The van der Waals surface area contributed by atoms with E-state index in [1.807, 2.05) is 66.8 Å². The van der Waals surface area contributed by atoms with Crippen molar-refractivity contribution in [2.24, 2.45) is 0 Å². The van der Waals surface area contributed by atoms with Crippen LogP contribution >= 0.6 is 35.0 Å². The molecule has 0 spiro atoms. The quantitative estimate of drug-likeness (QED) is 0.379. The largest absolute Gasteiger partial charge is 0.287 e. The van der Waals surface area contributed by atoms with E-state index in [4.69, 9.17) is 33.2 Å². The molecule has 0 fully saturated rings. The van der Waals surface area contributed by atoms with Crippen molar-refractivity contribution in [1.82, 2.24) is 15.0 Å². The molecule has 0 amide bonds. The number of fused-ring (bicyclic) bond motifs is 1. The summed E-state index contributed by atoms with van der Waals surface area (Å²) in [5.41, 5.74) is 4.54. The molecule has 0 aliphatic carbocycles. The van der Waals surface area contributed by atoms with Gasteiger partial charge in [0.2, 0.25) is 0 Å². The summed E-state index contributed by atoms with van der Waals surface area (Å²) in [5, 5.41) is 5.93. The van der Waals surface area contributed by atoms with Gasteiger partial charge in [0, 0.05) is 30.8 Å². The van der Waals surface area contributed by atoms with Gasteiger partial charge in [0.1, 0.15) is 0 Å². The molecule has 28 heavy (non-hydrogen) atoms. The molecule has 4 nitrogen and oxygen atoms in total. The highest BCUT2D eigenvalue weighted by atomic mass is 35.5. The molecule has 2 aromatic carbocycles. The molecule has 1 aliphatic rings. The maximum absolute atomic E-state index is 6.50. The van der Waals surface area contributed by atoms with Gasteiger partial charge in [0.05, 0.1) is 21.4 Å². The average Bonchev–Trinajstić information content (AvgIpc) is 2.71. The number of hydrogen-bond donors (Lipinski definition) is 0. The Morgan fingerprint density at radius 3 is 2.18 bits per heavy atom. The Hall–Kier alpha value is -2.21. The van der Waals surface area contributed by atoms with E-state index in [0.717, 1.165) is 39.1 Å². The van der Waals surface area contributed by atoms with Crippen molar-refractivity contribution in [3.05, 3.63) is 69.7 Å². The van der Waals surface area contributed by atoms with Gasteiger partial charge in [-0.15, -0.1) is 0 Å². The molecule has 7 heteroatoms. The van der Waals surface area contributed by atoms with E-state index in [0.29, 0.717) is 10.0 Å². The van der Waals surface area contributed by atoms with Crippen LogP contribution in [0.2, 0.25) is 10.0 Å². The van der Waals surface area contributed by atoms with Crippen LogP contribution in [0.1, 0.15) is 11.1 Å². The van der Waals surface area contributed by atoms with E-state index in [1.54, 1.807) is 0 Å². The Balaban J connectivity index is 2.01. The number of halogens is 2. The molecule has 0 saturated heterocycles. The number of anilines is 1. The lowest BCUT2D eigenvalue weighted by Gasteiger charge is -2.38. The SMILES string of the molecule is CSc1nc(-c2ccccc2)c2c(n1)N(C)N(C)C(c1c(Cl)cccc1Cl)=C2. The van der Waals surface area contributed by atoms with Crippen molar-refractivity contribution >= 4 is 52.6 Å². The minimum atomic E-state index is 0.602. The first kappa shape index (κ1) is 19.1. The summed E-state index contributed by atoms with van der Waals surface area (Å²) in [6.07, 6.45) is 4.04. The maximum Gasteiger partial charge on any atom is 0.189 e. The zero-order chi connectivity index (χ0) is 19.8. The first-order valence-electron chi connectivity index (χ1n) is 8.66. The van der Waals surface area contributed by atoms with Crippen LogP contribution in [0.5, 0.6) is 0 Å². The van der Waals surface area contributed by atoms with Crippen LogP contribution in [0.15, 0.2) is 53.7 Å². The van der Waals surface area contributed by atoms with Gasteiger partial charge in [-0.2, -0.15) is 0 Å². The van der Waals surface area contributed by atoms with E-state index < -0.39 is 0 Å². The summed E-state index contributed by atoms with van der Waals surface area (Å²) in [4.78, 5) is 9.55. The lowest BCUT2D eigenvalue weighted by molar-refractivity contribution is 0.458. The Bertz CT molecular complexity index is 1050. The number of hydrazine groups is 1. The fourth-order valence-electron chi connectivity index (χ4n) is 3.23. The van der Waals surface area contributed by atoms with Gasteiger partial charge in [-0.25, -0.2) is 9.97 Å². The number of rotatable bonds is 3. The number of hydrogen-bond acceptors (Lipinski definition) is 5. The van der Waals surface area contributed by atoms with E-state index >= 15 is 0 Å². The summed E-state index contributed by atoms with van der Waals surface area (Å²) >= 11 is 14.5. The normalized spacial score (nSPS) is 13.4. The van der Waals surface area contributed by atoms with Gasteiger partial charge in [0.25, 0.3) is 0 Å². The Labute approximate surface area is 178 Å². The van der Waals surface area contributed by atoms with Crippen LogP contribution in [-0.2, 0) is 0 Å². The molecule has 0 saturated carbocycles. The number of thioether (sulfide) groups is 1. The summed E-state index contributed by atoms with van der Waals surface area (Å²) in [6.45, 7) is 0. The van der Waals surface area contributed by atoms with Crippen LogP contribution in [0.25, 0.3) is 23.0 Å². The fourth-order valence-corrected chi connectivity index (χ4v) is 4.19. The molecule has 0 N–H and O–H groups in total. The summed E-state index contributed by atoms with van der Waals surface area (Å²) in [6, 6.07) is 15.7. The zero-order valence-corrected chi connectivity index (χ0v) is 18.0. The third kappa shape index (κ3) is 3.24. The molecule has 3 aromatic rings. The second kappa shape index (κ2) is 7.66. The monoisotopic (exact) mass is 428 g/mol. The minimum Gasteiger partial charge on any atom is -0.287 e. The van der Waals surface area contributed by atoms with Gasteiger partial charge in [-0.05, 0) is 24.5 Å². The van der Waals surface area contributed by atoms with Crippen molar-refractivity contribution in [3.8, 4) is 11.3 Å². The molecule has 0 atom stereocenters. The summed E-state index contributed by atoms with van der Waals surface area (Å²) in [7, 11) is 3.94.